The van der Waals surface area contributed by atoms with Crippen LogP contribution in [0.5, 0.6) is 11.5 Å². The summed E-state index contributed by atoms with van der Waals surface area (Å²) in [5, 5.41) is 2.78. The summed E-state index contributed by atoms with van der Waals surface area (Å²) in [6.07, 6.45) is -3.65. The minimum atomic E-state index is -4.86. The van der Waals surface area contributed by atoms with Gasteiger partial charge >= 0.3 is 11.9 Å². The maximum absolute atomic E-state index is 13.6. The van der Waals surface area contributed by atoms with Crippen LogP contribution in [0.1, 0.15) is 11.1 Å². The highest BCUT2D eigenvalue weighted by Crippen LogP contribution is 2.28. The molecule has 6 nitrogen and oxygen atoms in total. The maximum Gasteiger partial charge on any atom is 0.573 e. The standard InChI is InChI=1S/C20H15F6N3O3/c1-10-5-12(32-20(24,25)26)3-4-15(10)27-19-28-18(30)16(31-2)9-29(19)8-11-6-13(21)17(23)14(22)7-11/h3-7,9H,8H2,1-2H3,(H,27,28,30). The third kappa shape index (κ3) is 5.31. The number of alkyl halides is 3. The number of hydrogen-bond donors (Lipinski definition) is 1. The fraction of sp³-hybridized carbons (Fsp3) is 0.200. The lowest BCUT2D eigenvalue weighted by Gasteiger charge is -2.17. The van der Waals surface area contributed by atoms with E-state index in [0.29, 0.717) is 5.56 Å². The first-order valence-electron chi connectivity index (χ1n) is 8.89. The third-order valence-electron chi connectivity index (χ3n) is 4.26. The maximum atomic E-state index is 13.6. The van der Waals surface area contributed by atoms with Crippen molar-refractivity contribution >= 4 is 11.6 Å². The summed E-state index contributed by atoms with van der Waals surface area (Å²) in [6, 6.07) is 5.00. The van der Waals surface area contributed by atoms with Gasteiger partial charge in [-0.1, -0.05) is 0 Å². The van der Waals surface area contributed by atoms with Crippen LogP contribution < -0.4 is 20.3 Å². The zero-order valence-electron chi connectivity index (χ0n) is 16.6. The van der Waals surface area contributed by atoms with E-state index in [1.165, 1.54) is 30.9 Å². The van der Waals surface area contributed by atoms with Crippen LogP contribution in [-0.4, -0.2) is 23.0 Å². The van der Waals surface area contributed by atoms with Gasteiger partial charge in [0.05, 0.1) is 19.9 Å². The molecule has 0 aliphatic heterocycles. The van der Waals surface area contributed by atoms with Crippen molar-refractivity contribution < 1.29 is 35.8 Å². The number of ether oxygens (including phenoxy) is 2. The highest BCUT2D eigenvalue weighted by Gasteiger charge is 2.31. The van der Waals surface area contributed by atoms with Gasteiger partial charge in [0, 0.05) is 5.69 Å². The highest BCUT2D eigenvalue weighted by molar-refractivity contribution is 5.60. The molecule has 1 heterocycles. The number of halogens is 6. The number of aryl methyl sites for hydroxylation is 1. The number of aromatic nitrogens is 2. The predicted octanol–water partition coefficient (Wildman–Crippen LogP) is 4.67. The minimum absolute atomic E-state index is 0.0163. The molecule has 0 saturated carbocycles. The highest BCUT2D eigenvalue weighted by atomic mass is 19.4. The number of hydrogen-bond acceptors (Lipinski definition) is 5. The number of nitrogens with one attached hydrogen (secondary N) is 1. The Morgan fingerprint density at radius 3 is 2.31 bits per heavy atom. The van der Waals surface area contributed by atoms with Crippen molar-refractivity contribution in [3.8, 4) is 11.5 Å². The van der Waals surface area contributed by atoms with E-state index in [4.69, 9.17) is 4.74 Å². The second-order valence-electron chi connectivity index (χ2n) is 6.59. The average molecular weight is 459 g/mol. The molecular weight excluding hydrogens is 444 g/mol. The van der Waals surface area contributed by atoms with E-state index in [0.717, 1.165) is 24.3 Å². The third-order valence-corrected chi connectivity index (χ3v) is 4.26. The zero-order chi connectivity index (χ0) is 23.6. The summed E-state index contributed by atoms with van der Waals surface area (Å²) in [7, 11) is 1.22. The average Bonchev–Trinajstić information content (AvgIpc) is 2.68. The van der Waals surface area contributed by atoms with E-state index < -0.39 is 35.1 Å². The molecule has 1 N–H and O–H groups in total. The van der Waals surface area contributed by atoms with Crippen molar-refractivity contribution in [2.24, 2.45) is 0 Å². The Labute approximate surface area is 177 Å². The minimum Gasteiger partial charge on any atom is -0.490 e. The molecule has 0 unspecified atom stereocenters. The molecule has 2 aromatic carbocycles. The second-order valence-corrected chi connectivity index (χ2v) is 6.59. The van der Waals surface area contributed by atoms with Crippen LogP contribution >= 0.6 is 0 Å². The van der Waals surface area contributed by atoms with Gasteiger partial charge in [0.2, 0.25) is 11.7 Å². The van der Waals surface area contributed by atoms with Gasteiger partial charge in [-0.05, 0) is 48.4 Å². The van der Waals surface area contributed by atoms with Crippen molar-refractivity contribution in [2.45, 2.75) is 19.8 Å². The summed E-state index contributed by atoms with van der Waals surface area (Å²) in [5.41, 5.74) is -0.149. The second kappa shape index (κ2) is 8.81. The number of anilines is 2. The van der Waals surface area contributed by atoms with Crippen molar-refractivity contribution in [1.29, 1.82) is 0 Å². The lowest BCUT2D eigenvalue weighted by molar-refractivity contribution is -0.274. The van der Waals surface area contributed by atoms with Crippen molar-refractivity contribution in [3.63, 3.8) is 0 Å². The van der Waals surface area contributed by atoms with Gasteiger partial charge < -0.3 is 19.4 Å². The number of methoxy groups -OCH3 is 1. The van der Waals surface area contributed by atoms with Gasteiger partial charge in [0.1, 0.15) is 5.75 Å². The number of benzene rings is 2. The van der Waals surface area contributed by atoms with Crippen LogP contribution in [0.4, 0.5) is 38.0 Å². The molecule has 0 saturated heterocycles. The monoisotopic (exact) mass is 459 g/mol. The van der Waals surface area contributed by atoms with Crippen LogP contribution in [0, 0.1) is 24.4 Å². The van der Waals surface area contributed by atoms with Gasteiger partial charge in [-0.2, -0.15) is 4.98 Å². The fourth-order valence-electron chi connectivity index (χ4n) is 2.82. The smallest absolute Gasteiger partial charge is 0.490 e. The molecule has 0 aliphatic rings. The largest absolute Gasteiger partial charge is 0.573 e. The molecule has 0 fully saturated rings. The normalized spacial score (nSPS) is 11.4. The van der Waals surface area contributed by atoms with Gasteiger partial charge in [-0.3, -0.25) is 4.79 Å². The molecule has 1 aromatic heterocycles. The Kier molecular flexibility index (Phi) is 6.32. The van der Waals surface area contributed by atoms with E-state index in [1.807, 2.05) is 0 Å². The van der Waals surface area contributed by atoms with Crippen LogP contribution in [0.15, 0.2) is 41.3 Å². The van der Waals surface area contributed by atoms with E-state index in [9.17, 15) is 31.1 Å². The lowest BCUT2D eigenvalue weighted by Crippen LogP contribution is -2.19. The summed E-state index contributed by atoms with van der Waals surface area (Å²) in [5.74, 6) is -5.15. The molecule has 0 aliphatic carbocycles. The zero-order valence-corrected chi connectivity index (χ0v) is 16.6. The van der Waals surface area contributed by atoms with E-state index in [1.54, 1.807) is 0 Å². The first kappa shape index (κ1) is 23.0. The molecule has 0 bridgehead atoms. The van der Waals surface area contributed by atoms with Crippen LogP contribution in [0.25, 0.3) is 0 Å². The van der Waals surface area contributed by atoms with Gasteiger partial charge in [0.15, 0.2) is 17.5 Å². The van der Waals surface area contributed by atoms with E-state index in [2.05, 4.69) is 15.0 Å². The molecular formula is C20H15F6N3O3. The molecule has 0 amide bonds. The fourth-order valence-corrected chi connectivity index (χ4v) is 2.82. The molecule has 0 radical (unpaired) electrons. The number of rotatable bonds is 6. The van der Waals surface area contributed by atoms with E-state index >= 15 is 0 Å². The van der Waals surface area contributed by atoms with Crippen molar-refractivity contribution in [2.75, 3.05) is 12.4 Å². The quantitative estimate of drug-likeness (QED) is 0.429. The Morgan fingerprint density at radius 2 is 1.75 bits per heavy atom. The first-order chi connectivity index (χ1) is 15.0. The van der Waals surface area contributed by atoms with Gasteiger partial charge in [-0.25, -0.2) is 13.2 Å². The first-order valence-corrected chi connectivity index (χ1v) is 8.89. The van der Waals surface area contributed by atoms with Crippen molar-refractivity contribution in [3.05, 3.63) is 75.5 Å². The molecule has 12 heteroatoms. The SMILES string of the molecule is COc1cn(Cc2cc(F)c(F)c(F)c2)c(Nc2ccc(OC(F)(F)F)cc2C)nc1=O. The van der Waals surface area contributed by atoms with Crippen LogP contribution in [-0.2, 0) is 6.54 Å². The molecule has 32 heavy (non-hydrogen) atoms. The van der Waals surface area contributed by atoms with Gasteiger partial charge in [0.25, 0.3) is 0 Å². The number of nitrogens with zero attached hydrogens (tertiary/aromatic N) is 2. The topological polar surface area (TPSA) is 65.4 Å². The molecule has 0 atom stereocenters. The summed E-state index contributed by atoms with van der Waals surface area (Å²) in [4.78, 5) is 15.9. The molecule has 170 valence electrons. The van der Waals surface area contributed by atoms with Crippen molar-refractivity contribution in [1.82, 2.24) is 9.55 Å². The summed E-state index contributed by atoms with van der Waals surface area (Å²) >= 11 is 0. The Balaban J connectivity index is 1.98. The van der Waals surface area contributed by atoms with Crippen LogP contribution in [0.3, 0.4) is 0 Å². The Morgan fingerprint density at radius 1 is 1.09 bits per heavy atom. The van der Waals surface area contributed by atoms with Gasteiger partial charge in [-0.15, -0.1) is 13.2 Å². The Bertz CT molecular complexity index is 1190. The van der Waals surface area contributed by atoms with Crippen LogP contribution in [0.2, 0.25) is 0 Å². The molecule has 0 spiro atoms. The lowest BCUT2D eigenvalue weighted by atomic mass is 10.2. The Hall–Kier alpha value is -3.70. The summed E-state index contributed by atoms with van der Waals surface area (Å²) < 4.78 is 87.7. The predicted molar refractivity (Wildman–Crippen MR) is 102 cm³/mol. The molecule has 3 aromatic rings. The van der Waals surface area contributed by atoms with E-state index in [-0.39, 0.29) is 29.5 Å². The molecule has 3 rings (SSSR count). The summed E-state index contributed by atoms with van der Waals surface area (Å²) in [6.45, 7) is 1.25.